The lowest BCUT2D eigenvalue weighted by atomic mass is 10.1. The molecule has 0 saturated carbocycles. The van der Waals surface area contributed by atoms with Gasteiger partial charge in [-0.3, -0.25) is 0 Å². The summed E-state index contributed by atoms with van der Waals surface area (Å²) in [4.78, 5) is 5.43. The molecule has 0 amide bonds. The molecule has 17 heavy (non-hydrogen) atoms. The highest BCUT2D eigenvalue weighted by atomic mass is 32.2. The highest BCUT2D eigenvalue weighted by Crippen LogP contribution is 2.23. The molecule has 1 heterocycles. The zero-order chi connectivity index (χ0) is 12.1. The second-order valence-corrected chi connectivity index (χ2v) is 5.96. The van der Waals surface area contributed by atoms with Gasteiger partial charge in [0.2, 0.25) is 0 Å². The number of aliphatic hydroxyl groups excluding tert-OH is 1. The molecule has 0 bridgehead atoms. The molecule has 1 N–H and O–H groups in total. The highest BCUT2D eigenvalue weighted by molar-refractivity contribution is 7.99. The second kappa shape index (κ2) is 6.19. The van der Waals surface area contributed by atoms with Gasteiger partial charge in [-0.25, -0.2) is 4.98 Å². The Morgan fingerprint density at radius 1 is 1.35 bits per heavy atom. The molecular formula is C13H15NOS2. The minimum absolute atomic E-state index is 0.457. The molecule has 0 aliphatic carbocycles. The van der Waals surface area contributed by atoms with Crippen LogP contribution in [0.25, 0.3) is 0 Å². The third kappa shape index (κ3) is 3.56. The van der Waals surface area contributed by atoms with E-state index in [-0.39, 0.29) is 0 Å². The first kappa shape index (κ1) is 12.6. The van der Waals surface area contributed by atoms with Crippen molar-refractivity contribution in [1.82, 2.24) is 4.98 Å². The summed E-state index contributed by atoms with van der Waals surface area (Å²) in [5.74, 6) is 1.07. The van der Waals surface area contributed by atoms with Gasteiger partial charge in [-0.2, -0.15) is 0 Å². The number of aliphatic hydroxyl groups is 1. The van der Waals surface area contributed by atoms with Crippen LogP contribution in [0.2, 0.25) is 0 Å². The van der Waals surface area contributed by atoms with Crippen LogP contribution in [0.15, 0.2) is 40.7 Å². The topological polar surface area (TPSA) is 33.1 Å². The Hall–Kier alpha value is -0.840. The van der Waals surface area contributed by atoms with E-state index in [4.69, 9.17) is 0 Å². The fourth-order valence-corrected chi connectivity index (χ4v) is 2.91. The summed E-state index contributed by atoms with van der Waals surface area (Å²) in [6, 6.07) is 8.12. The maximum absolute atomic E-state index is 10.1. The summed E-state index contributed by atoms with van der Waals surface area (Å²) in [7, 11) is 0. The van der Waals surface area contributed by atoms with Crippen LogP contribution in [0.5, 0.6) is 0 Å². The number of thiazole rings is 1. The van der Waals surface area contributed by atoms with E-state index in [0.717, 1.165) is 16.3 Å². The third-order valence-electron chi connectivity index (χ3n) is 2.43. The summed E-state index contributed by atoms with van der Waals surface area (Å²) in [6.45, 7) is 2.13. The predicted octanol–water partition coefficient (Wildman–Crippen LogP) is 3.53. The fourth-order valence-electron chi connectivity index (χ4n) is 1.59. The minimum atomic E-state index is -0.457. The van der Waals surface area contributed by atoms with Gasteiger partial charge < -0.3 is 5.11 Å². The second-order valence-electron chi connectivity index (χ2n) is 3.65. The van der Waals surface area contributed by atoms with Gasteiger partial charge in [0.25, 0.3) is 0 Å². The first-order chi connectivity index (χ1) is 8.29. The van der Waals surface area contributed by atoms with E-state index in [2.05, 4.69) is 24.0 Å². The zero-order valence-electron chi connectivity index (χ0n) is 9.67. The quantitative estimate of drug-likeness (QED) is 0.840. The minimum Gasteiger partial charge on any atom is -0.388 e. The summed E-state index contributed by atoms with van der Waals surface area (Å²) >= 11 is 3.39. The Labute approximate surface area is 110 Å². The van der Waals surface area contributed by atoms with E-state index in [0.29, 0.717) is 6.42 Å². The summed E-state index contributed by atoms with van der Waals surface area (Å²) in [5.41, 5.74) is 0.959. The van der Waals surface area contributed by atoms with E-state index in [1.807, 2.05) is 29.3 Å². The largest absolute Gasteiger partial charge is 0.388 e. The van der Waals surface area contributed by atoms with Crippen molar-refractivity contribution >= 4 is 23.1 Å². The standard InChI is InChI=1S/C13H15NOS2/c1-2-16-11-5-3-10(4-6-11)12(15)9-13-14-7-8-17-13/h3-8,12,15H,2,9H2,1H3. The van der Waals surface area contributed by atoms with Crippen molar-refractivity contribution in [1.29, 1.82) is 0 Å². The van der Waals surface area contributed by atoms with E-state index in [1.54, 1.807) is 17.5 Å². The number of thioether (sulfide) groups is 1. The van der Waals surface area contributed by atoms with Crippen molar-refractivity contribution < 1.29 is 5.11 Å². The molecule has 2 nitrogen and oxygen atoms in total. The zero-order valence-corrected chi connectivity index (χ0v) is 11.3. The van der Waals surface area contributed by atoms with Crippen LogP contribution < -0.4 is 0 Å². The van der Waals surface area contributed by atoms with E-state index in [9.17, 15) is 5.11 Å². The molecule has 1 unspecified atom stereocenters. The van der Waals surface area contributed by atoms with Crippen LogP contribution >= 0.6 is 23.1 Å². The van der Waals surface area contributed by atoms with Gasteiger partial charge in [-0.15, -0.1) is 23.1 Å². The van der Waals surface area contributed by atoms with Crippen LogP contribution in [0.3, 0.4) is 0 Å². The van der Waals surface area contributed by atoms with Crippen LogP contribution in [-0.4, -0.2) is 15.8 Å². The Morgan fingerprint density at radius 3 is 2.71 bits per heavy atom. The summed E-state index contributed by atoms with van der Waals surface area (Å²) in [5, 5.41) is 13.0. The first-order valence-electron chi connectivity index (χ1n) is 5.58. The molecule has 4 heteroatoms. The normalized spacial score (nSPS) is 12.6. The monoisotopic (exact) mass is 265 g/mol. The molecule has 1 aromatic carbocycles. The summed E-state index contributed by atoms with van der Waals surface area (Å²) < 4.78 is 0. The van der Waals surface area contributed by atoms with Crippen LogP contribution in [0, 0.1) is 0 Å². The van der Waals surface area contributed by atoms with Gasteiger partial charge in [0, 0.05) is 22.9 Å². The smallest absolute Gasteiger partial charge is 0.0954 e. The molecule has 2 aromatic rings. The maximum atomic E-state index is 10.1. The predicted molar refractivity (Wildman–Crippen MR) is 73.6 cm³/mol. The molecule has 0 spiro atoms. The van der Waals surface area contributed by atoms with Gasteiger partial charge in [0.05, 0.1) is 11.1 Å². The molecule has 0 aliphatic rings. The van der Waals surface area contributed by atoms with Gasteiger partial charge in [-0.1, -0.05) is 19.1 Å². The lowest BCUT2D eigenvalue weighted by Crippen LogP contribution is -2.01. The molecule has 1 atom stereocenters. The average molecular weight is 265 g/mol. The van der Waals surface area contributed by atoms with Crippen molar-refractivity contribution in [3.8, 4) is 0 Å². The van der Waals surface area contributed by atoms with Gasteiger partial charge in [0.15, 0.2) is 0 Å². The number of rotatable bonds is 5. The average Bonchev–Trinajstić information content (AvgIpc) is 2.83. The Bertz CT molecular complexity index is 439. The number of nitrogens with zero attached hydrogens (tertiary/aromatic N) is 1. The molecule has 0 aliphatic heterocycles. The van der Waals surface area contributed by atoms with E-state index in [1.165, 1.54) is 4.90 Å². The van der Waals surface area contributed by atoms with E-state index < -0.39 is 6.10 Å². The third-order valence-corrected chi connectivity index (χ3v) is 4.12. The Kier molecular flexibility index (Phi) is 4.59. The molecule has 0 saturated heterocycles. The highest BCUT2D eigenvalue weighted by Gasteiger charge is 2.09. The lowest BCUT2D eigenvalue weighted by molar-refractivity contribution is 0.178. The van der Waals surface area contributed by atoms with Crippen LogP contribution in [-0.2, 0) is 6.42 Å². The number of hydrogen-bond acceptors (Lipinski definition) is 4. The van der Waals surface area contributed by atoms with Crippen LogP contribution in [0.1, 0.15) is 23.6 Å². The van der Waals surface area contributed by atoms with Crippen molar-refractivity contribution in [3.63, 3.8) is 0 Å². The van der Waals surface area contributed by atoms with Gasteiger partial charge in [-0.05, 0) is 23.4 Å². The fraction of sp³-hybridized carbons (Fsp3) is 0.308. The Balaban J connectivity index is 2.01. The number of hydrogen-bond donors (Lipinski definition) is 1. The molecule has 2 rings (SSSR count). The first-order valence-corrected chi connectivity index (χ1v) is 7.45. The van der Waals surface area contributed by atoms with Gasteiger partial charge in [0.1, 0.15) is 0 Å². The number of aromatic nitrogens is 1. The lowest BCUT2D eigenvalue weighted by Gasteiger charge is -2.09. The molecule has 0 radical (unpaired) electrons. The SMILES string of the molecule is CCSc1ccc(C(O)Cc2nccs2)cc1. The van der Waals surface area contributed by atoms with Gasteiger partial charge >= 0.3 is 0 Å². The maximum Gasteiger partial charge on any atom is 0.0954 e. The van der Waals surface area contributed by atoms with Crippen molar-refractivity contribution in [2.24, 2.45) is 0 Å². The summed E-state index contributed by atoms with van der Waals surface area (Å²) in [6.07, 6.45) is 1.91. The van der Waals surface area contributed by atoms with Crippen molar-refractivity contribution in [2.45, 2.75) is 24.3 Å². The van der Waals surface area contributed by atoms with Crippen molar-refractivity contribution in [2.75, 3.05) is 5.75 Å². The molecule has 90 valence electrons. The molecule has 0 fully saturated rings. The van der Waals surface area contributed by atoms with Crippen molar-refractivity contribution in [3.05, 3.63) is 46.4 Å². The number of benzene rings is 1. The molecule has 1 aromatic heterocycles. The Morgan fingerprint density at radius 2 is 2.12 bits per heavy atom. The van der Waals surface area contributed by atoms with E-state index >= 15 is 0 Å². The molecular weight excluding hydrogens is 250 g/mol. The van der Waals surface area contributed by atoms with Crippen LogP contribution in [0.4, 0.5) is 0 Å².